The highest BCUT2D eigenvalue weighted by atomic mass is 16.6. The topological polar surface area (TPSA) is 95.9 Å². The lowest BCUT2D eigenvalue weighted by molar-refractivity contribution is 0.0430. The summed E-state index contributed by atoms with van der Waals surface area (Å²) in [6.45, 7) is 6.79. The number of ether oxygens (including phenoxy) is 1. The van der Waals surface area contributed by atoms with Gasteiger partial charge >= 0.3 is 5.97 Å². The molecule has 0 atom stereocenters. The molecule has 0 unspecified atom stereocenters. The Kier molecular flexibility index (Phi) is 4.54. The molecule has 2 heterocycles. The normalized spacial score (nSPS) is 11.3. The maximum atomic E-state index is 12.2. The number of esters is 1. The van der Waals surface area contributed by atoms with Gasteiger partial charge in [-0.15, -0.1) is 5.10 Å². The number of aryl methyl sites for hydroxylation is 1. The van der Waals surface area contributed by atoms with Gasteiger partial charge in [0, 0.05) is 13.0 Å². The molecule has 0 aliphatic rings. The smallest absolute Gasteiger partial charge is 0.338 e. The van der Waals surface area contributed by atoms with E-state index in [1.165, 1.54) is 0 Å². The van der Waals surface area contributed by atoms with Crippen molar-refractivity contribution in [2.45, 2.75) is 40.3 Å². The fourth-order valence-electron chi connectivity index (χ4n) is 2.34. The molecule has 0 bridgehead atoms. The van der Waals surface area contributed by atoms with Gasteiger partial charge in [0.05, 0.1) is 11.1 Å². The zero-order valence-corrected chi connectivity index (χ0v) is 13.9. The Bertz CT molecular complexity index is 852. The third-order valence-corrected chi connectivity index (χ3v) is 3.48. The molecule has 0 aliphatic heterocycles. The molecule has 0 radical (unpaired) electrons. The number of carbonyl (C=O) groups excluding carboxylic acids is 1. The molecule has 3 aromatic rings. The predicted molar refractivity (Wildman–Crippen MR) is 85.2 cm³/mol. The van der Waals surface area contributed by atoms with Gasteiger partial charge < -0.3 is 9.26 Å². The van der Waals surface area contributed by atoms with E-state index in [0.29, 0.717) is 22.8 Å². The number of carbonyl (C=O) groups is 1. The summed E-state index contributed by atoms with van der Waals surface area (Å²) in [5.41, 5.74) is 1.94. The van der Waals surface area contributed by atoms with E-state index in [-0.39, 0.29) is 12.5 Å². The van der Waals surface area contributed by atoms with Crippen molar-refractivity contribution >= 4 is 17.0 Å². The highest BCUT2D eigenvalue weighted by Gasteiger charge is 2.14. The quantitative estimate of drug-likeness (QED) is 0.641. The van der Waals surface area contributed by atoms with Crippen molar-refractivity contribution in [3.8, 4) is 0 Å². The van der Waals surface area contributed by atoms with E-state index < -0.39 is 5.97 Å². The molecule has 126 valence electrons. The third-order valence-electron chi connectivity index (χ3n) is 3.48. The Labute approximate surface area is 138 Å². The molecule has 0 saturated carbocycles. The van der Waals surface area contributed by atoms with Gasteiger partial charge in [0.2, 0.25) is 0 Å². The summed E-state index contributed by atoms with van der Waals surface area (Å²) in [6.07, 6.45) is 0.723. The maximum absolute atomic E-state index is 12.2. The third kappa shape index (κ3) is 3.42. The van der Waals surface area contributed by atoms with Crippen molar-refractivity contribution in [2.24, 2.45) is 5.92 Å². The molecule has 1 aromatic carbocycles. The first kappa shape index (κ1) is 16.1. The standard InChI is InChI=1S/C16H19N5O3/c1-4-21-13-6-5-11(8-12(13)18-20-21)16(22)23-9-15-17-14(19-24-15)7-10(2)3/h5-6,8,10H,4,7,9H2,1-3H3. The van der Waals surface area contributed by atoms with Crippen molar-refractivity contribution in [1.82, 2.24) is 25.1 Å². The first-order chi connectivity index (χ1) is 11.6. The molecular weight excluding hydrogens is 310 g/mol. The second kappa shape index (κ2) is 6.77. The molecular formula is C16H19N5O3. The van der Waals surface area contributed by atoms with E-state index >= 15 is 0 Å². The average molecular weight is 329 g/mol. The van der Waals surface area contributed by atoms with E-state index in [1.807, 2.05) is 13.0 Å². The van der Waals surface area contributed by atoms with Crippen molar-refractivity contribution in [2.75, 3.05) is 0 Å². The summed E-state index contributed by atoms with van der Waals surface area (Å²) in [6, 6.07) is 5.16. The first-order valence-corrected chi connectivity index (χ1v) is 7.88. The Morgan fingerprint density at radius 1 is 1.38 bits per heavy atom. The Morgan fingerprint density at radius 3 is 2.96 bits per heavy atom. The van der Waals surface area contributed by atoms with Crippen LogP contribution < -0.4 is 0 Å². The van der Waals surface area contributed by atoms with Gasteiger partial charge in [0.15, 0.2) is 12.4 Å². The Balaban J connectivity index is 1.65. The predicted octanol–water partition coefficient (Wildman–Crippen LogP) is 2.39. The fourth-order valence-corrected chi connectivity index (χ4v) is 2.34. The van der Waals surface area contributed by atoms with Crippen molar-refractivity contribution in [3.05, 3.63) is 35.5 Å². The number of rotatable bonds is 6. The van der Waals surface area contributed by atoms with E-state index in [0.717, 1.165) is 18.5 Å². The van der Waals surface area contributed by atoms with Crippen LogP contribution in [0.15, 0.2) is 22.7 Å². The van der Waals surface area contributed by atoms with Gasteiger partial charge in [0.25, 0.3) is 5.89 Å². The summed E-state index contributed by atoms with van der Waals surface area (Å²) >= 11 is 0. The summed E-state index contributed by atoms with van der Waals surface area (Å²) in [5.74, 6) is 0.874. The van der Waals surface area contributed by atoms with Gasteiger partial charge in [-0.05, 0) is 31.0 Å². The minimum Gasteiger partial charge on any atom is -0.452 e. The van der Waals surface area contributed by atoms with Gasteiger partial charge in [-0.3, -0.25) is 0 Å². The van der Waals surface area contributed by atoms with Crippen LogP contribution in [-0.4, -0.2) is 31.1 Å². The zero-order valence-electron chi connectivity index (χ0n) is 13.9. The average Bonchev–Trinajstić information content (AvgIpc) is 3.17. The van der Waals surface area contributed by atoms with Gasteiger partial charge in [-0.25, -0.2) is 9.48 Å². The highest BCUT2D eigenvalue weighted by molar-refractivity contribution is 5.93. The van der Waals surface area contributed by atoms with Crippen LogP contribution in [-0.2, 0) is 24.3 Å². The molecule has 0 fully saturated rings. The number of hydrogen-bond donors (Lipinski definition) is 0. The monoisotopic (exact) mass is 329 g/mol. The molecule has 0 saturated heterocycles. The zero-order chi connectivity index (χ0) is 17.1. The van der Waals surface area contributed by atoms with Crippen LogP contribution in [0.4, 0.5) is 0 Å². The molecule has 0 amide bonds. The summed E-state index contributed by atoms with van der Waals surface area (Å²) in [4.78, 5) is 16.4. The van der Waals surface area contributed by atoms with Crippen molar-refractivity contribution in [1.29, 1.82) is 0 Å². The number of nitrogens with zero attached hydrogens (tertiary/aromatic N) is 5. The van der Waals surface area contributed by atoms with Crippen molar-refractivity contribution < 1.29 is 14.1 Å². The maximum Gasteiger partial charge on any atom is 0.338 e. The molecule has 0 aliphatic carbocycles. The van der Waals surface area contributed by atoms with Crippen LogP contribution >= 0.6 is 0 Å². The molecule has 3 rings (SSSR count). The Hall–Kier alpha value is -2.77. The van der Waals surface area contributed by atoms with Crippen LogP contribution in [0.25, 0.3) is 11.0 Å². The second-order valence-corrected chi connectivity index (χ2v) is 5.89. The SMILES string of the molecule is CCn1nnc2cc(C(=O)OCc3nc(CC(C)C)no3)ccc21. The van der Waals surface area contributed by atoms with Crippen molar-refractivity contribution in [3.63, 3.8) is 0 Å². The van der Waals surface area contributed by atoms with Crippen LogP contribution in [0.3, 0.4) is 0 Å². The van der Waals surface area contributed by atoms with Crippen LogP contribution in [0.2, 0.25) is 0 Å². The molecule has 0 spiro atoms. The van der Waals surface area contributed by atoms with E-state index in [1.54, 1.807) is 16.8 Å². The van der Waals surface area contributed by atoms with Gasteiger partial charge in [-0.2, -0.15) is 4.98 Å². The minimum absolute atomic E-state index is 0.0520. The molecule has 2 aromatic heterocycles. The van der Waals surface area contributed by atoms with Crippen LogP contribution in [0.1, 0.15) is 42.8 Å². The lowest BCUT2D eigenvalue weighted by Gasteiger charge is -2.02. The van der Waals surface area contributed by atoms with E-state index in [9.17, 15) is 4.79 Å². The van der Waals surface area contributed by atoms with Crippen LogP contribution in [0, 0.1) is 5.92 Å². The molecule has 24 heavy (non-hydrogen) atoms. The largest absolute Gasteiger partial charge is 0.452 e. The minimum atomic E-state index is -0.466. The highest BCUT2D eigenvalue weighted by Crippen LogP contribution is 2.15. The summed E-state index contributed by atoms with van der Waals surface area (Å²) in [7, 11) is 0. The lowest BCUT2D eigenvalue weighted by Crippen LogP contribution is -2.06. The number of benzene rings is 1. The van der Waals surface area contributed by atoms with E-state index in [4.69, 9.17) is 9.26 Å². The van der Waals surface area contributed by atoms with Crippen LogP contribution in [0.5, 0.6) is 0 Å². The second-order valence-electron chi connectivity index (χ2n) is 5.89. The number of hydrogen-bond acceptors (Lipinski definition) is 7. The molecule has 8 heteroatoms. The first-order valence-electron chi connectivity index (χ1n) is 7.88. The summed E-state index contributed by atoms with van der Waals surface area (Å²) < 4.78 is 12.1. The lowest BCUT2D eigenvalue weighted by atomic mass is 10.1. The molecule has 8 nitrogen and oxygen atoms in total. The fraction of sp³-hybridized carbons (Fsp3) is 0.438. The van der Waals surface area contributed by atoms with Gasteiger partial charge in [-0.1, -0.05) is 24.2 Å². The number of aromatic nitrogens is 5. The molecule has 0 N–H and O–H groups in total. The Morgan fingerprint density at radius 2 is 2.21 bits per heavy atom. The van der Waals surface area contributed by atoms with Gasteiger partial charge in [0.1, 0.15) is 5.52 Å². The van der Waals surface area contributed by atoms with E-state index in [2.05, 4.69) is 34.3 Å². The summed E-state index contributed by atoms with van der Waals surface area (Å²) in [5, 5.41) is 11.9. The number of fused-ring (bicyclic) bond motifs is 1.